The van der Waals surface area contributed by atoms with E-state index in [0.29, 0.717) is 6.16 Å². The molecule has 35 heavy (non-hydrogen) atoms. The summed E-state index contributed by atoms with van der Waals surface area (Å²) in [5, 5.41) is 28.8. The summed E-state index contributed by atoms with van der Waals surface area (Å²) >= 11 is 0. The van der Waals surface area contributed by atoms with Gasteiger partial charge in [0, 0.05) is 6.16 Å². The third kappa shape index (κ3) is 6.54. The number of benzene rings is 4. The first-order chi connectivity index (χ1) is 17.2. The Morgan fingerprint density at radius 3 is 1.37 bits per heavy atom. The summed E-state index contributed by atoms with van der Waals surface area (Å²) in [5.41, 5.74) is 0. The van der Waals surface area contributed by atoms with Gasteiger partial charge in [-0.25, -0.2) is 0 Å². The highest BCUT2D eigenvalue weighted by molar-refractivity contribution is 7.76. The molecule has 2 N–H and O–H groups in total. The lowest BCUT2D eigenvalue weighted by atomic mass is 10.2. The van der Waals surface area contributed by atoms with E-state index in [1.54, 1.807) is 0 Å². The number of aliphatic hydroxyl groups excluding tert-OH is 2. The molecule has 2 unspecified atom stereocenters. The summed E-state index contributed by atoms with van der Waals surface area (Å²) < 4.78 is 0. The van der Waals surface area contributed by atoms with Gasteiger partial charge in [0.05, 0.1) is 6.10 Å². The quantitative estimate of drug-likeness (QED) is 0.293. The zero-order valence-electron chi connectivity index (χ0n) is 20.0. The fourth-order valence-electron chi connectivity index (χ4n) is 4.21. The topological polar surface area (TPSA) is 40.5 Å². The summed E-state index contributed by atoms with van der Waals surface area (Å²) in [7, 11) is -1.78. The standard InChI is InChI=1S/C31H32O2P2/c1-2-15-30(35(27-20-11-5-12-21-27)28-22-13-6-14-23-28)31(33)29(32)24-34(25-16-7-3-8-17-25)26-18-9-4-10-19-26/h3-23,29,31-33H,2,24H2,1H3. The van der Waals surface area contributed by atoms with Crippen LogP contribution in [0.25, 0.3) is 0 Å². The number of allylic oxidation sites excluding steroid dienone is 1. The Bertz CT molecular complexity index is 1100. The highest BCUT2D eigenvalue weighted by Crippen LogP contribution is 2.46. The Morgan fingerprint density at radius 1 is 0.629 bits per heavy atom. The van der Waals surface area contributed by atoms with E-state index in [2.05, 4.69) is 61.5 Å². The number of hydrogen-bond acceptors (Lipinski definition) is 2. The van der Waals surface area contributed by atoms with Crippen molar-refractivity contribution in [2.75, 3.05) is 6.16 Å². The summed E-state index contributed by atoms with van der Waals surface area (Å²) in [4.78, 5) is 0. The normalized spacial score (nSPS) is 13.7. The molecule has 0 aromatic heterocycles. The van der Waals surface area contributed by atoms with Crippen LogP contribution in [0.3, 0.4) is 0 Å². The van der Waals surface area contributed by atoms with Crippen molar-refractivity contribution in [3.63, 3.8) is 0 Å². The van der Waals surface area contributed by atoms with Crippen molar-refractivity contribution in [1.82, 2.24) is 0 Å². The van der Waals surface area contributed by atoms with E-state index >= 15 is 0 Å². The smallest absolute Gasteiger partial charge is 0.106 e. The molecule has 4 aromatic rings. The zero-order valence-corrected chi connectivity index (χ0v) is 21.8. The zero-order chi connectivity index (χ0) is 24.5. The monoisotopic (exact) mass is 498 g/mol. The molecule has 0 fully saturated rings. The van der Waals surface area contributed by atoms with E-state index in [0.717, 1.165) is 11.7 Å². The summed E-state index contributed by atoms with van der Waals surface area (Å²) in [6.07, 6.45) is 1.59. The minimum Gasteiger partial charge on any atom is -0.390 e. The molecule has 0 spiro atoms. The van der Waals surface area contributed by atoms with Crippen molar-refractivity contribution in [2.24, 2.45) is 0 Å². The van der Waals surface area contributed by atoms with Crippen LogP contribution in [0, 0.1) is 0 Å². The lowest BCUT2D eigenvalue weighted by Crippen LogP contribution is -2.34. The van der Waals surface area contributed by atoms with Crippen molar-refractivity contribution < 1.29 is 10.2 Å². The average molecular weight is 499 g/mol. The van der Waals surface area contributed by atoms with Crippen molar-refractivity contribution in [3.8, 4) is 0 Å². The van der Waals surface area contributed by atoms with Gasteiger partial charge in [0.15, 0.2) is 0 Å². The Hall–Kier alpha value is -2.60. The molecule has 2 nitrogen and oxygen atoms in total. The predicted molar refractivity (Wildman–Crippen MR) is 153 cm³/mol. The molecule has 0 radical (unpaired) electrons. The lowest BCUT2D eigenvalue weighted by Gasteiger charge is -2.30. The second-order valence-corrected chi connectivity index (χ2v) is 12.8. The molecule has 4 aromatic carbocycles. The Balaban J connectivity index is 1.68. The highest BCUT2D eigenvalue weighted by atomic mass is 31.1. The van der Waals surface area contributed by atoms with E-state index in [1.807, 2.05) is 72.8 Å². The minimum atomic E-state index is -0.967. The molecule has 0 heterocycles. The second kappa shape index (κ2) is 12.9. The first-order valence-electron chi connectivity index (χ1n) is 12.0. The molecule has 0 saturated carbocycles. The first kappa shape index (κ1) is 25.5. The third-order valence-electron chi connectivity index (χ3n) is 5.87. The molecule has 0 saturated heterocycles. The fraction of sp³-hybridized carbons (Fsp3) is 0.161. The van der Waals surface area contributed by atoms with Crippen LogP contribution in [0.15, 0.2) is 133 Å². The van der Waals surface area contributed by atoms with Crippen LogP contribution in [0.2, 0.25) is 0 Å². The van der Waals surface area contributed by atoms with E-state index in [-0.39, 0.29) is 0 Å². The number of hydrogen-bond donors (Lipinski definition) is 2. The van der Waals surface area contributed by atoms with Crippen LogP contribution in [0.1, 0.15) is 13.3 Å². The van der Waals surface area contributed by atoms with Gasteiger partial charge in [0.2, 0.25) is 0 Å². The van der Waals surface area contributed by atoms with Gasteiger partial charge in [-0.05, 0) is 48.8 Å². The first-order valence-corrected chi connectivity index (χ1v) is 14.9. The van der Waals surface area contributed by atoms with Gasteiger partial charge in [-0.15, -0.1) is 0 Å². The van der Waals surface area contributed by atoms with Crippen LogP contribution in [-0.2, 0) is 0 Å². The van der Waals surface area contributed by atoms with E-state index in [1.165, 1.54) is 21.2 Å². The molecule has 0 aliphatic rings. The maximum atomic E-state index is 11.7. The van der Waals surface area contributed by atoms with Crippen LogP contribution < -0.4 is 21.2 Å². The van der Waals surface area contributed by atoms with Gasteiger partial charge >= 0.3 is 0 Å². The SMILES string of the molecule is CCC=C(C(O)C(O)CP(c1ccccc1)c1ccccc1)P(c1ccccc1)c1ccccc1. The van der Waals surface area contributed by atoms with E-state index < -0.39 is 28.1 Å². The van der Waals surface area contributed by atoms with Crippen LogP contribution in [0.4, 0.5) is 0 Å². The number of rotatable bonds is 10. The largest absolute Gasteiger partial charge is 0.390 e. The maximum Gasteiger partial charge on any atom is 0.106 e. The Kier molecular flexibility index (Phi) is 9.41. The van der Waals surface area contributed by atoms with Crippen LogP contribution in [-0.4, -0.2) is 28.6 Å². The van der Waals surface area contributed by atoms with Crippen LogP contribution in [0.5, 0.6) is 0 Å². The van der Waals surface area contributed by atoms with Crippen LogP contribution >= 0.6 is 15.8 Å². The third-order valence-corrected chi connectivity index (χ3v) is 11.0. The Morgan fingerprint density at radius 2 is 1.00 bits per heavy atom. The average Bonchev–Trinajstić information content (AvgIpc) is 2.93. The predicted octanol–water partition coefficient (Wildman–Crippen LogP) is 5.27. The molecule has 0 amide bonds. The molecule has 0 aliphatic carbocycles. The highest BCUT2D eigenvalue weighted by Gasteiger charge is 2.31. The molecular weight excluding hydrogens is 466 g/mol. The van der Waals surface area contributed by atoms with Crippen molar-refractivity contribution in [2.45, 2.75) is 25.6 Å². The fourth-order valence-corrected chi connectivity index (χ4v) is 9.21. The van der Waals surface area contributed by atoms with Crippen molar-refractivity contribution in [3.05, 3.63) is 133 Å². The van der Waals surface area contributed by atoms with Gasteiger partial charge in [-0.1, -0.05) is 134 Å². The molecule has 4 rings (SSSR count). The van der Waals surface area contributed by atoms with E-state index in [4.69, 9.17) is 0 Å². The summed E-state index contributed by atoms with van der Waals surface area (Å²) in [6.45, 7) is 2.09. The molecule has 4 heteroatoms. The lowest BCUT2D eigenvalue weighted by molar-refractivity contribution is 0.0619. The maximum absolute atomic E-state index is 11.7. The molecule has 0 aliphatic heterocycles. The minimum absolute atomic E-state index is 0.498. The van der Waals surface area contributed by atoms with E-state index in [9.17, 15) is 10.2 Å². The molecule has 178 valence electrons. The molecular formula is C31H32O2P2. The molecule has 0 bridgehead atoms. The van der Waals surface area contributed by atoms with Gasteiger partial charge in [0.25, 0.3) is 0 Å². The van der Waals surface area contributed by atoms with Gasteiger partial charge in [0.1, 0.15) is 6.10 Å². The van der Waals surface area contributed by atoms with Crippen molar-refractivity contribution in [1.29, 1.82) is 0 Å². The van der Waals surface area contributed by atoms with Gasteiger partial charge < -0.3 is 10.2 Å². The number of aliphatic hydroxyl groups is 2. The molecule has 2 atom stereocenters. The Labute approximate surface area is 211 Å². The summed E-state index contributed by atoms with van der Waals surface area (Å²) in [5.74, 6) is 0. The summed E-state index contributed by atoms with van der Waals surface area (Å²) in [6, 6.07) is 41.4. The van der Waals surface area contributed by atoms with Crippen molar-refractivity contribution >= 4 is 37.1 Å². The second-order valence-electron chi connectivity index (χ2n) is 8.34. The van der Waals surface area contributed by atoms with Gasteiger partial charge in [-0.3, -0.25) is 0 Å². The van der Waals surface area contributed by atoms with Gasteiger partial charge in [-0.2, -0.15) is 0 Å².